The van der Waals surface area contributed by atoms with Gasteiger partial charge in [0.1, 0.15) is 16.9 Å². The molecule has 122 valence electrons. The van der Waals surface area contributed by atoms with E-state index in [9.17, 15) is 0 Å². The van der Waals surface area contributed by atoms with Gasteiger partial charge in [-0.1, -0.05) is 13.8 Å². The van der Waals surface area contributed by atoms with E-state index in [4.69, 9.17) is 14.7 Å². The van der Waals surface area contributed by atoms with E-state index in [2.05, 4.69) is 31.2 Å². The first-order chi connectivity index (χ1) is 10.6. The maximum Gasteiger partial charge on any atom is 0.156 e. The van der Waals surface area contributed by atoms with Crippen molar-refractivity contribution in [2.45, 2.75) is 53.5 Å². The van der Waals surface area contributed by atoms with Crippen LogP contribution >= 0.6 is 0 Å². The summed E-state index contributed by atoms with van der Waals surface area (Å²) in [5, 5.41) is 8.01. The number of ether oxygens (including phenoxy) is 1. The van der Waals surface area contributed by atoms with Crippen LogP contribution in [-0.4, -0.2) is 39.5 Å². The smallest absolute Gasteiger partial charge is 0.156 e. The van der Waals surface area contributed by atoms with Crippen molar-refractivity contribution < 1.29 is 4.74 Å². The van der Waals surface area contributed by atoms with Gasteiger partial charge in [0, 0.05) is 32.2 Å². The summed E-state index contributed by atoms with van der Waals surface area (Å²) in [6, 6.07) is 0. The Balaban J connectivity index is 2.32. The highest BCUT2D eigenvalue weighted by molar-refractivity contribution is 5.87. The van der Waals surface area contributed by atoms with Crippen molar-refractivity contribution in [3.8, 4) is 0 Å². The number of nitrogens with one attached hydrogen (secondary N) is 1. The molecule has 6 nitrogen and oxygen atoms in total. The zero-order valence-corrected chi connectivity index (χ0v) is 14.3. The first-order valence-electron chi connectivity index (χ1n) is 8.15. The fraction of sp³-hybridized carbons (Fsp3) is 0.688. The number of aromatic nitrogens is 4. The summed E-state index contributed by atoms with van der Waals surface area (Å²) < 4.78 is 7.35. The maximum atomic E-state index is 5.38. The molecule has 0 atom stereocenters. The second-order valence-corrected chi connectivity index (χ2v) is 5.66. The normalized spacial score (nSPS) is 11.5. The Bertz CT molecular complexity index is 621. The number of aryl methyl sites for hydroxylation is 2. The highest BCUT2D eigenvalue weighted by Crippen LogP contribution is 2.25. The second-order valence-electron chi connectivity index (χ2n) is 5.66. The van der Waals surface area contributed by atoms with Gasteiger partial charge in [-0.2, -0.15) is 5.10 Å². The van der Waals surface area contributed by atoms with Crippen LogP contribution in [0.2, 0.25) is 0 Å². The van der Waals surface area contributed by atoms with Gasteiger partial charge in [0.2, 0.25) is 0 Å². The standard InChI is InChI=1S/C16H27N5O/c1-6-21-14-13(12(5)20-21)18-15(11(3)4)19-16(14)17-9-8-10-22-7-2/h11H,6-10H2,1-5H3,(H,17,18,19). The molecule has 0 spiro atoms. The zero-order valence-electron chi connectivity index (χ0n) is 14.3. The minimum atomic E-state index is 0.290. The predicted molar refractivity (Wildman–Crippen MR) is 89.4 cm³/mol. The molecule has 0 aliphatic rings. The lowest BCUT2D eigenvalue weighted by Crippen LogP contribution is -2.11. The van der Waals surface area contributed by atoms with Crippen molar-refractivity contribution in [3.63, 3.8) is 0 Å². The quantitative estimate of drug-likeness (QED) is 0.759. The van der Waals surface area contributed by atoms with Crippen LogP contribution in [0.1, 0.15) is 51.6 Å². The summed E-state index contributed by atoms with van der Waals surface area (Å²) >= 11 is 0. The average Bonchev–Trinajstić information content (AvgIpc) is 2.83. The van der Waals surface area contributed by atoms with Crippen LogP contribution in [0.25, 0.3) is 11.0 Å². The third-order valence-corrected chi connectivity index (χ3v) is 3.55. The van der Waals surface area contributed by atoms with Gasteiger partial charge in [-0.3, -0.25) is 4.68 Å². The van der Waals surface area contributed by atoms with Crippen LogP contribution in [0, 0.1) is 6.92 Å². The molecule has 0 unspecified atom stereocenters. The van der Waals surface area contributed by atoms with E-state index in [1.807, 2.05) is 18.5 Å². The van der Waals surface area contributed by atoms with E-state index in [1.54, 1.807) is 0 Å². The molecule has 22 heavy (non-hydrogen) atoms. The second kappa shape index (κ2) is 7.54. The average molecular weight is 305 g/mol. The highest BCUT2D eigenvalue weighted by Gasteiger charge is 2.17. The Labute approximate surface area is 132 Å². The summed E-state index contributed by atoms with van der Waals surface area (Å²) in [5.74, 6) is 2.03. The van der Waals surface area contributed by atoms with Gasteiger partial charge in [-0.25, -0.2) is 9.97 Å². The van der Waals surface area contributed by atoms with Crippen LogP contribution in [0.5, 0.6) is 0 Å². The molecule has 0 amide bonds. The summed E-state index contributed by atoms with van der Waals surface area (Å²) in [4.78, 5) is 9.42. The maximum absolute atomic E-state index is 5.38. The fourth-order valence-electron chi connectivity index (χ4n) is 2.38. The molecule has 0 aliphatic carbocycles. The van der Waals surface area contributed by atoms with Crippen LogP contribution in [0.4, 0.5) is 5.82 Å². The van der Waals surface area contributed by atoms with Crippen molar-refractivity contribution in [2.24, 2.45) is 0 Å². The number of hydrogen-bond acceptors (Lipinski definition) is 5. The van der Waals surface area contributed by atoms with Crippen LogP contribution in [0.15, 0.2) is 0 Å². The lowest BCUT2D eigenvalue weighted by molar-refractivity contribution is 0.147. The minimum Gasteiger partial charge on any atom is -0.382 e. The molecular formula is C16H27N5O. The van der Waals surface area contributed by atoms with Crippen molar-refractivity contribution >= 4 is 16.9 Å². The third-order valence-electron chi connectivity index (χ3n) is 3.55. The van der Waals surface area contributed by atoms with Gasteiger partial charge in [0.05, 0.1) is 5.69 Å². The Morgan fingerprint density at radius 3 is 2.64 bits per heavy atom. The van der Waals surface area contributed by atoms with Gasteiger partial charge in [0.25, 0.3) is 0 Å². The number of hydrogen-bond donors (Lipinski definition) is 1. The molecule has 0 saturated heterocycles. The van der Waals surface area contributed by atoms with Crippen molar-refractivity contribution in [2.75, 3.05) is 25.1 Å². The van der Waals surface area contributed by atoms with Gasteiger partial charge in [-0.15, -0.1) is 0 Å². The van der Waals surface area contributed by atoms with Crippen LogP contribution in [-0.2, 0) is 11.3 Å². The molecule has 0 bridgehead atoms. The Morgan fingerprint density at radius 2 is 2.00 bits per heavy atom. The Hall–Kier alpha value is -1.69. The van der Waals surface area contributed by atoms with E-state index in [0.29, 0.717) is 0 Å². The molecular weight excluding hydrogens is 278 g/mol. The molecule has 0 radical (unpaired) electrons. The fourth-order valence-corrected chi connectivity index (χ4v) is 2.38. The first-order valence-corrected chi connectivity index (χ1v) is 8.15. The molecule has 2 rings (SSSR count). The van der Waals surface area contributed by atoms with Gasteiger partial charge in [-0.05, 0) is 27.2 Å². The summed E-state index contributed by atoms with van der Waals surface area (Å²) in [6.07, 6.45) is 0.954. The monoisotopic (exact) mass is 305 g/mol. The van der Waals surface area contributed by atoms with E-state index in [0.717, 1.165) is 61.1 Å². The molecule has 0 saturated carbocycles. The molecule has 6 heteroatoms. The largest absolute Gasteiger partial charge is 0.382 e. The third kappa shape index (κ3) is 3.55. The topological polar surface area (TPSA) is 64.9 Å². The lowest BCUT2D eigenvalue weighted by atomic mass is 10.2. The Morgan fingerprint density at radius 1 is 1.23 bits per heavy atom. The van der Waals surface area contributed by atoms with Gasteiger partial charge in [0.15, 0.2) is 5.82 Å². The van der Waals surface area contributed by atoms with Gasteiger partial charge < -0.3 is 10.1 Å². The van der Waals surface area contributed by atoms with Crippen molar-refractivity contribution in [3.05, 3.63) is 11.5 Å². The molecule has 0 fully saturated rings. The van der Waals surface area contributed by atoms with E-state index in [1.165, 1.54) is 0 Å². The van der Waals surface area contributed by atoms with E-state index >= 15 is 0 Å². The van der Waals surface area contributed by atoms with Crippen LogP contribution < -0.4 is 5.32 Å². The summed E-state index contributed by atoms with van der Waals surface area (Å²) in [6.45, 7) is 13.5. The number of fused-ring (bicyclic) bond motifs is 1. The van der Waals surface area contributed by atoms with Crippen molar-refractivity contribution in [1.29, 1.82) is 0 Å². The minimum absolute atomic E-state index is 0.290. The molecule has 2 heterocycles. The molecule has 0 aromatic carbocycles. The van der Waals surface area contributed by atoms with E-state index in [-0.39, 0.29) is 5.92 Å². The van der Waals surface area contributed by atoms with Crippen molar-refractivity contribution in [1.82, 2.24) is 19.7 Å². The zero-order chi connectivity index (χ0) is 16.1. The summed E-state index contributed by atoms with van der Waals surface area (Å²) in [5.41, 5.74) is 2.91. The first kappa shape index (κ1) is 16.7. The highest BCUT2D eigenvalue weighted by atomic mass is 16.5. The molecule has 1 N–H and O–H groups in total. The van der Waals surface area contributed by atoms with E-state index < -0.39 is 0 Å². The molecule has 2 aromatic rings. The lowest BCUT2D eigenvalue weighted by Gasteiger charge is -2.12. The molecule has 2 aromatic heterocycles. The number of nitrogens with zero attached hydrogens (tertiary/aromatic N) is 4. The summed E-state index contributed by atoms with van der Waals surface area (Å²) in [7, 11) is 0. The SMILES string of the molecule is CCOCCCNc1nc(C(C)C)nc2c(C)nn(CC)c12. The predicted octanol–water partition coefficient (Wildman–Crippen LogP) is 3.12. The molecule has 0 aliphatic heterocycles. The number of rotatable bonds is 8. The number of anilines is 1. The van der Waals surface area contributed by atoms with Gasteiger partial charge >= 0.3 is 0 Å². The Kier molecular flexibility index (Phi) is 5.71. The van der Waals surface area contributed by atoms with Crippen LogP contribution in [0.3, 0.4) is 0 Å².